The number of hydrogen-bond donors (Lipinski definition) is 1. The minimum atomic E-state index is -0.136. The third-order valence-corrected chi connectivity index (χ3v) is 5.73. The number of ether oxygens (including phenoxy) is 2. The van der Waals surface area contributed by atoms with Crippen LogP contribution in [-0.2, 0) is 13.1 Å². The molecular weight excluding hydrogens is 426 g/mol. The first kappa shape index (κ1) is 23.4. The van der Waals surface area contributed by atoms with E-state index in [1.54, 1.807) is 31.4 Å². The third-order valence-electron chi connectivity index (χ3n) is 5.73. The molecule has 6 heteroatoms. The van der Waals surface area contributed by atoms with Crippen molar-refractivity contribution < 1.29 is 14.3 Å². The number of aryl methyl sites for hydroxylation is 3. The molecular formula is C28H31N3O3. The number of fused-ring (bicyclic) bond motifs is 1. The van der Waals surface area contributed by atoms with Crippen molar-refractivity contribution in [1.29, 1.82) is 0 Å². The summed E-state index contributed by atoms with van der Waals surface area (Å²) in [5.74, 6) is 2.36. The van der Waals surface area contributed by atoms with Gasteiger partial charge in [0.2, 0.25) is 0 Å². The molecule has 34 heavy (non-hydrogen) atoms. The molecule has 1 amide bonds. The summed E-state index contributed by atoms with van der Waals surface area (Å²) in [6.45, 7) is 6.00. The molecule has 0 saturated carbocycles. The van der Waals surface area contributed by atoms with E-state index in [9.17, 15) is 4.79 Å². The number of hydrogen-bond acceptors (Lipinski definition) is 4. The van der Waals surface area contributed by atoms with Gasteiger partial charge in [0.15, 0.2) is 0 Å². The second-order valence-electron chi connectivity index (χ2n) is 8.46. The SMILES string of the molecule is COc1ccc(C(=O)NCc2nc3ccccc3n2CCCCOc2cc(C)cc(C)c2)cc1. The normalized spacial score (nSPS) is 10.9. The summed E-state index contributed by atoms with van der Waals surface area (Å²) in [4.78, 5) is 17.4. The number of imidazole rings is 1. The van der Waals surface area contributed by atoms with Crippen molar-refractivity contribution >= 4 is 16.9 Å². The first-order valence-electron chi connectivity index (χ1n) is 11.6. The lowest BCUT2D eigenvalue weighted by Crippen LogP contribution is -2.24. The van der Waals surface area contributed by atoms with Crippen LogP contribution >= 0.6 is 0 Å². The topological polar surface area (TPSA) is 65.4 Å². The van der Waals surface area contributed by atoms with Crippen LogP contribution in [0, 0.1) is 13.8 Å². The molecule has 3 aromatic carbocycles. The lowest BCUT2D eigenvalue weighted by atomic mass is 10.1. The van der Waals surface area contributed by atoms with Gasteiger partial charge in [-0.15, -0.1) is 0 Å². The first-order valence-corrected chi connectivity index (χ1v) is 11.6. The Labute approximate surface area is 200 Å². The number of rotatable bonds is 10. The molecule has 0 radical (unpaired) electrons. The van der Waals surface area contributed by atoms with Gasteiger partial charge in [0.25, 0.3) is 5.91 Å². The van der Waals surface area contributed by atoms with E-state index < -0.39 is 0 Å². The molecule has 1 N–H and O–H groups in total. The van der Waals surface area contributed by atoms with Crippen LogP contribution in [0.2, 0.25) is 0 Å². The smallest absolute Gasteiger partial charge is 0.251 e. The third kappa shape index (κ3) is 5.76. The van der Waals surface area contributed by atoms with Crippen LogP contribution in [-0.4, -0.2) is 29.2 Å². The van der Waals surface area contributed by atoms with Crippen LogP contribution < -0.4 is 14.8 Å². The molecule has 4 aromatic rings. The fourth-order valence-electron chi connectivity index (χ4n) is 4.09. The predicted molar refractivity (Wildman–Crippen MR) is 135 cm³/mol. The molecule has 0 atom stereocenters. The highest BCUT2D eigenvalue weighted by Gasteiger charge is 2.12. The summed E-state index contributed by atoms with van der Waals surface area (Å²) in [5.41, 5.74) is 5.02. The van der Waals surface area contributed by atoms with E-state index in [2.05, 4.69) is 48.0 Å². The van der Waals surface area contributed by atoms with Crippen molar-refractivity contribution in [3.63, 3.8) is 0 Å². The number of carbonyl (C=O) groups excluding carboxylic acids is 1. The number of para-hydroxylation sites is 2. The molecule has 176 valence electrons. The van der Waals surface area contributed by atoms with E-state index >= 15 is 0 Å². The highest BCUT2D eigenvalue weighted by Crippen LogP contribution is 2.19. The molecule has 0 aliphatic carbocycles. The fraction of sp³-hybridized carbons (Fsp3) is 0.286. The number of nitrogens with zero attached hydrogens (tertiary/aromatic N) is 2. The van der Waals surface area contributed by atoms with Crippen molar-refractivity contribution in [3.8, 4) is 11.5 Å². The van der Waals surface area contributed by atoms with Crippen molar-refractivity contribution in [2.75, 3.05) is 13.7 Å². The monoisotopic (exact) mass is 457 g/mol. The van der Waals surface area contributed by atoms with Crippen molar-refractivity contribution in [3.05, 3.63) is 89.2 Å². The van der Waals surface area contributed by atoms with Crippen LogP contribution in [0.1, 0.15) is 40.2 Å². The van der Waals surface area contributed by atoms with E-state index in [4.69, 9.17) is 14.5 Å². The zero-order valence-electron chi connectivity index (χ0n) is 20.0. The van der Waals surface area contributed by atoms with Crippen LogP contribution in [0.25, 0.3) is 11.0 Å². The van der Waals surface area contributed by atoms with Gasteiger partial charge in [0.05, 0.1) is 31.3 Å². The average molecular weight is 458 g/mol. The number of unbranched alkanes of at least 4 members (excludes halogenated alkanes) is 1. The van der Waals surface area contributed by atoms with E-state index in [1.807, 2.05) is 18.2 Å². The van der Waals surface area contributed by atoms with Gasteiger partial charge in [-0.3, -0.25) is 4.79 Å². The van der Waals surface area contributed by atoms with Crippen LogP contribution in [0.5, 0.6) is 11.5 Å². The highest BCUT2D eigenvalue weighted by molar-refractivity contribution is 5.94. The van der Waals surface area contributed by atoms with Gasteiger partial charge in [-0.2, -0.15) is 0 Å². The Kier molecular flexibility index (Phi) is 7.48. The van der Waals surface area contributed by atoms with Crippen molar-refractivity contribution in [2.45, 2.75) is 39.8 Å². The lowest BCUT2D eigenvalue weighted by Gasteiger charge is -2.12. The molecule has 0 bridgehead atoms. The minimum Gasteiger partial charge on any atom is -0.497 e. The maximum Gasteiger partial charge on any atom is 0.251 e. The van der Waals surface area contributed by atoms with Gasteiger partial charge >= 0.3 is 0 Å². The summed E-state index contributed by atoms with van der Waals surface area (Å²) >= 11 is 0. The Hall–Kier alpha value is -3.80. The fourth-order valence-corrected chi connectivity index (χ4v) is 4.09. The molecule has 0 aliphatic heterocycles. The number of aromatic nitrogens is 2. The first-order chi connectivity index (χ1) is 16.5. The van der Waals surface area contributed by atoms with E-state index in [1.165, 1.54) is 11.1 Å². The van der Waals surface area contributed by atoms with Gasteiger partial charge in [-0.1, -0.05) is 18.2 Å². The summed E-state index contributed by atoms with van der Waals surface area (Å²) < 4.78 is 13.3. The standard InChI is InChI=1S/C28H31N3O3/c1-20-16-21(2)18-24(17-20)34-15-7-6-14-31-26-9-5-4-8-25(26)30-27(31)19-29-28(32)22-10-12-23(33-3)13-11-22/h4-5,8-13,16-18H,6-7,14-15,19H2,1-3H3,(H,29,32). The van der Waals surface area contributed by atoms with Crippen LogP contribution in [0.3, 0.4) is 0 Å². The lowest BCUT2D eigenvalue weighted by molar-refractivity contribution is 0.0949. The molecule has 1 aromatic heterocycles. The quantitative estimate of drug-likeness (QED) is 0.322. The Balaban J connectivity index is 1.37. The summed E-state index contributed by atoms with van der Waals surface area (Å²) in [5, 5.41) is 3.00. The van der Waals surface area contributed by atoms with Gasteiger partial charge in [0.1, 0.15) is 17.3 Å². The minimum absolute atomic E-state index is 0.136. The van der Waals surface area contributed by atoms with E-state index in [-0.39, 0.29) is 5.91 Å². The second kappa shape index (κ2) is 10.9. The molecule has 0 spiro atoms. The summed E-state index contributed by atoms with van der Waals surface area (Å²) in [7, 11) is 1.61. The maximum absolute atomic E-state index is 12.6. The number of benzene rings is 3. The zero-order chi connectivity index (χ0) is 23.9. The van der Waals surface area contributed by atoms with Crippen molar-refractivity contribution in [1.82, 2.24) is 14.9 Å². The largest absolute Gasteiger partial charge is 0.497 e. The number of nitrogens with one attached hydrogen (secondary N) is 1. The van der Waals surface area contributed by atoms with Gasteiger partial charge in [-0.25, -0.2) is 4.98 Å². The molecule has 0 unspecified atom stereocenters. The molecule has 1 heterocycles. The Morgan fingerprint density at radius 3 is 2.41 bits per heavy atom. The Bertz CT molecular complexity index is 1240. The van der Waals surface area contributed by atoms with Crippen molar-refractivity contribution in [2.24, 2.45) is 0 Å². The summed E-state index contributed by atoms with van der Waals surface area (Å²) in [6, 6.07) is 21.4. The Morgan fingerprint density at radius 1 is 0.941 bits per heavy atom. The van der Waals surface area contributed by atoms with Crippen LogP contribution in [0.4, 0.5) is 0 Å². The molecule has 0 saturated heterocycles. The number of carbonyl (C=O) groups is 1. The predicted octanol–water partition coefficient (Wildman–Crippen LogP) is 5.45. The maximum atomic E-state index is 12.6. The van der Waals surface area contributed by atoms with E-state index in [0.29, 0.717) is 18.7 Å². The molecule has 0 aliphatic rings. The molecule has 6 nitrogen and oxygen atoms in total. The van der Waals surface area contributed by atoms with Gasteiger partial charge in [-0.05, 0) is 86.3 Å². The summed E-state index contributed by atoms with van der Waals surface area (Å²) in [6.07, 6.45) is 1.88. The Morgan fingerprint density at radius 2 is 1.68 bits per heavy atom. The second-order valence-corrected chi connectivity index (χ2v) is 8.46. The van der Waals surface area contributed by atoms with Gasteiger partial charge in [0, 0.05) is 12.1 Å². The number of amides is 1. The number of methoxy groups -OCH3 is 1. The van der Waals surface area contributed by atoms with Gasteiger partial charge < -0.3 is 19.4 Å². The molecule has 4 rings (SSSR count). The van der Waals surface area contributed by atoms with E-state index in [0.717, 1.165) is 47.7 Å². The van der Waals surface area contributed by atoms with Crippen LogP contribution in [0.15, 0.2) is 66.7 Å². The average Bonchev–Trinajstić information content (AvgIpc) is 3.19. The highest BCUT2D eigenvalue weighted by atomic mass is 16.5. The zero-order valence-corrected chi connectivity index (χ0v) is 20.0. The molecule has 0 fully saturated rings.